The van der Waals surface area contributed by atoms with Crippen molar-refractivity contribution >= 4 is 11.8 Å². The van der Waals surface area contributed by atoms with Gasteiger partial charge in [0.15, 0.2) is 0 Å². The van der Waals surface area contributed by atoms with Gasteiger partial charge in [-0.15, -0.1) is 0 Å². The largest absolute Gasteiger partial charge is 0.478 e. The van der Waals surface area contributed by atoms with Crippen molar-refractivity contribution in [2.75, 3.05) is 18.9 Å². The Bertz CT molecular complexity index is 419. The van der Waals surface area contributed by atoms with E-state index in [0.717, 1.165) is 25.2 Å². The lowest BCUT2D eigenvalue weighted by Crippen LogP contribution is -2.42. The highest BCUT2D eigenvalue weighted by Crippen LogP contribution is 2.18. The van der Waals surface area contributed by atoms with Gasteiger partial charge in [-0.1, -0.05) is 0 Å². The van der Waals surface area contributed by atoms with Crippen molar-refractivity contribution in [1.29, 1.82) is 0 Å². The van der Waals surface area contributed by atoms with E-state index in [0.29, 0.717) is 12.1 Å². The number of carboxylic acid groups (broad SMARTS) is 1. The number of piperidine rings is 1. The lowest BCUT2D eigenvalue weighted by molar-refractivity contribution is 0.0696. The minimum absolute atomic E-state index is 0.220. The predicted octanol–water partition coefficient (Wildman–Crippen LogP) is 1.67. The third-order valence-electron chi connectivity index (χ3n) is 3.57. The van der Waals surface area contributed by atoms with Crippen LogP contribution in [0.25, 0.3) is 0 Å². The SMILES string of the molecule is CC1CC(Nc2ccc(C(=O)O)cn2)CCN1C. The summed E-state index contributed by atoms with van der Waals surface area (Å²) in [6.45, 7) is 3.29. The zero-order valence-corrected chi connectivity index (χ0v) is 10.8. The molecule has 1 aliphatic heterocycles. The van der Waals surface area contributed by atoms with Crippen LogP contribution in [0.3, 0.4) is 0 Å². The van der Waals surface area contributed by atoms with Crippen LogP contribution in [0, 0.1) is 0 Å². The molecule has 5 nitrogen and oxygen atoms in total. The first-order chi connectivity index (χ1) is 8.56. The fourth-order valence-electron chi connectivity index (χ4n) is 2.24. The second-order valence-corrected chi connectivity index (χ2v) is 4.93. The molecule has 0 bridgehead atoms. The quantitative estimate of drug-likeness (QED) is 0.853. The summed E-state index contributed by atoms with van der Waals surface area (Å²) >= 11 is 0. The Morgan fingerprint density at radius 1 is 1.56 bits per heavy atom. The van der Waals surface area contributed by atoms with Crippen molar-refractivity contribution < 1.29 is 9.90 Å². The van der Waals surface area contributed by atoms with Gasteiger partial charge in [0.1, 0.15) is 5.82 Å². The van der Waals surface area contributed by atoms with Gasteiger partial charge in [0.2, 0.25) is 0 Å². The molecule has 0 spiro atoms. The fourth-order valence-corrected chi connectivity index (χ4v) is 2.24. The van der Waals surface area contributed by atoms with Gasteiger partial charge in [0, 0.05) is 24.8 Å². The molecule has 98 valence electrons. The number of hydrogen-bond acceptors (Lipinski definition) is 4. The van der Waals surface area contributed by atoms with Gasteiger partial charge in [-0.3, -0.25) is 0 Å². The van der Waals surface area contributed by atoms with Crippen LogP contribution >= 0.6 is 0 Å². The van der Waals surface area contributed by atoms with Gasteiger partial charge >= 0.3 is 5.97 Å². The van der Waals surface area contributed by atoms with Crippen LogP contribution in [0.4, 0.5) is 5.82 Å². The van der Waals surface area contributed by atoms with E-state index in [2.05, 4.69) is 29.2 Å². The van der Waals surface area contributed by atoms with Crippen molar-refractivity contribution in [3.8, 4) is 0 Å². The lowest BCUT2D eigenvalue weighted by atomic mass is 9.99. The number of nitrogens with zero attached hydrogens (tertiary/aromatic N) is 2. The van der Waals surface area contributed by atoms with Crippen LogP contribution < -0.4 is 5.32 Å². The summed E-state index contributed by atoms with van der Waals surface area (Å²) in [5, 5.41) is 12.2. The molecule has 2 unspecified atom stereocenters. The first-order valence-electron chi connectivity index (χ1n) is 6.22. The molecule has 5 heteroatoms. The standard InChI is InChI=1S/C13H19N3O2/c1-9-7-11(5-6-16(9)2)15-12-4-3-10(8-14-12)13(17)18/h3-4,8-9,11H,5-7H2,1-2H3,(H,14,15)(H,17,18). The van der Waals surface area contributed by atoms with Gasteiger partial charge < -0.3 is 15.3 Å². The number of hydrogen-bond donors (Lipinski definition) is 2. The van der Waals surface area contributed by atoms with Crippen LogP contribution in [-0.2, 0) is 0 Å². The molecule has 0 amide bonds. The number of nitrogens with one attached hydrogen (secondary N) is 1. The Labute approximate surface area is 107 Å². The molecule has 1 aliphatic rings. The number of carbonyl (C=O) groups is 1. The highest BCUT2D eigenvalue weighted by atomic mass is 16.4. The van der Waals surface area contributed by atoms with Crippen molar-refractivity contribution in [3.63, 3.8) is 0 Å². The smallest absolute Gasteiger partial charge is 0.337 e. The summed E-state index contributed by atoms with van der Waals surface area (Å²) in [5.74, 6) is -0.191. The molecule has 1 fully saturated rings. The Morgan fingerprint density at radius 2 is 2.33 bits per heavy atom. The molecule has 0 saturated carbocycles. The Hall–Kier alpha value is -1.62. The molecule has 1 aromatic heterocycles. The summed E-state index contributed by atoms with van der Waals surface area (Å²) < 4.78 is 0. The summed E-state index contributed by atoms with van der Waals surface area (Å²) in [4.78, 5) is 17.2. The summed E-state index contributed by atoms with van der Waals surface area (Å²) in [7, 11) is 2.14. The Morgan fingerprint density at radius 3 is 2.89 bits per heavy atom. The normalized spacial score (nSPS) is 24.8. The lowest BCUT2D eigenvalue weighted by Gasteiger charge is -2.35. The second kappa shape index (κ2) is 5.35. The summed E-state index contributed by atoms with van der Waals surface area (Å²) in [6.07, 6.45) is 3.56. The molecule has 0 aromatic carbocycles. The summed E-state index contributed by atoms with van der Waals surface area (Å²) in [5.41, 5.74) is 0.220. The van der Waals surface area contributed by atoms with E-state index >= 15 is 0 Å². The van der Waals surface area contributed by atoms with E-state index in [1.54, 1.807) is 12.1 Å². The van der Waals surface area contributed by atoms with E-state index in [-0.39, 0.29) is 5.56 Å². The van der Waals surface area contributed by atoms with Crippen LogP contribution in [0.15, 0.2) is 18.3 Å². The maximum absolute atomic E-state index is 10.7. The second-order valence-electron chi connectivity index (χ2n) is 4.93. The zero-order valence-electron chi connectivity index (χ0n) is 10.8. The van der Waals surface area contributed by atoms with E-state index in [1.165, 1.54) is 6.20 Å². The first-order valence-corrected chi connectivity index (χ1v) is 6.22. The van der Waals surface area contributed by atoms with Crippen molar-refractivity contribution in [3.05, 3.63) is 23.9 Å². The topological polar surface area (TPSA) is 65.5 Å². The van der Waals surface area contributed by atoms with Crippen LogP contribution in [0.1, 0.15) is 30.1 Å². The molecule has 2 rings (SSSR count). The highest BCUT2D eigenvalue weighted by Gasteiger charge is 2.22. The van der Waals surface area contributed by atoms with E-state index in [4.69, 9.17) is 5.11 Å². The molecule has 2 heterocycles. The number of pyridine rings is 1. The number of aromatic carboxylic acids is 1. The number of aromatic nitrogens is 1. The molecule has 18 heavy (non-hydrogen) atoms. The van der Waals surface area contributed by atoms with Crippen LogP contribution in [-0.4, -0.2) is 46.6 Å². The minimum atomic E-state index is -0.943. The maximum atomic E-state index is 10.7. The van der Waals surface area contributed by atoms with Crippen molar-refractivity contribution in [2.24, 2.45) is 0 Å². The molecule has 0 radical (unpaired) electrons. The van der Waals surface area contributed by atoms with Crippen molar-refractivity contribution in [2.45, 2.75) is 31.8 Å². The number of anilines is 1. The number of rotatable bonds is 3. The average molecular weight is 249 g/mol. The average Bonchev–Trinajstić information content (AvgIpc) is 2.34. The van der Waals surface area contributed by atoms with E-state index < -0.39 is 5.97 Å². The van der Waals surface area contributed by atoms with Gasteiger partial charge in [-0.2, -0.15) is 0 Å². The minimum Gasteiger partial charge on any atom is -0.478 e. The molecular formula is C13H19N3O2. The highest BCUT2D eigenvalue weighted by molar-refractivity contribution is 5.87. The number of carboxylic acids is 1. The third kappa shape index (κ3) is 2.98. The van der Waals surface area contributed by atoms with Gasteiger partial charge in [0.25, 0.3) is 0 Å². The van der Waals surface area contributed by atoms with Crippen LogP contribution in [0.2, 0.25) is 0 Å². The Balaban J connectivity index is 1.95. The Kier molecular flexibility index (Phi) is 3.81. The predicted molar refractivity (Wildman–Crippen MR) is 69.9 cm³/mol. The zero-order chi connectivity index (χ0) is 13.1. The van der Waals surface area contributed by atoms with Gasteiger partial charge in [-0.05, 0) is 38.9 Å². The first kappa shape index (κ1) is 12.8. The fraction of sp³-hybridized carbons (Fsp3) is 0.538. The van der Waals surface area contributed by atoms with Gasteiger partial charge in [0.05, 0.1) is 5.56 Å². The summed E-state index contributed by atoms with van der Waals surface area (Å²) in [6, 6.07) is 4.29. The van der Waals surface area contributed by atoms with Gasteiger partial charge in [-0.25, -0.2) is 9.78 Å². The monoisotopic (exact) mass is 249 g/mol. The van der Waals surface area contributed by atoms with Crippen molar-refractivity contribution in [1.82, 2.24) is 9.88 Å². The molecule has 2 atom stereocenters. The van der Waals surface area contributed by atoms with Crippen LogP contribution in [0.5, 0.6) is 0 Å². The molecular weight excluding hydrogens is 230 g/mol. The van der Waals surface area contributed by atoms with E-state index in [1.807, 2.05) is 0 Å². The molecule has 1 aromatic rings. The van der Waals surface area contributed by atoms with E-state index in [9.17, 15) is 4.79 Å². The third-order valence-corrected chi connectivity index (χ3v) is 3.57. The molecule has 0 aliphatic carbocycles. The molecule has 2 N–H and O–H groups in total. The molecule has 1 saturated heterocycles. The number of likely N-dealkylation sites (tertiary alicyclic amines) is 1. The maximum Gasteiger partial charge on any atom is 0.337 e.